The number of aryl methyl sites for hydroxylation is 2. The molecule has 0 bridgehead atoms. The molecule has 3 heterocycles. The van der Waals surface area contributed by atoms with E-state index in [1.165, 1.54) is 12.4 Å². The molecule has 1 aromatic heterocycles. The Morgan fingerprint density at radius 3 is 2.62 bits per heavy atom. The van der Waals surface area contributed by atoms with E-state index in [1.54, 1.807) is 4.90 Å². The second-order valence-corrected chi connectivity index (χ2v) is 11.1. The van der Waals surface area contributed by atoms with Crippen LogP contribution in [0, 0.1) is 0 Å². The lowest BCUT2D eigenvalue weighted by Gasteiger charge is -2.32. The highest BCUT2D eigenvalue weighted by atomic mass is 16.7. The minimum Gasteiger partial charge on any atom is -0.394 e. The first-order valence-corrected chi connectivity index (χ1v) is 14.5. The predicted octanol–water partition coefficient (Wildman–Crippen LogP) is 1.84. The van der Waals surface area contributed by atoms with Gasteiger partial charge in [0.1, 0.15) is 29.1 Å². The maximum Gasteiger partial charge on any atom is 0.270 e. The van der Waals surface area contributed by atoms with E-state index in [2.05, 4.69) is 37.7 Å². The number of nitrogens with two attached hydrogens (primary N) is 1. The van der Waals surface area contributed by atoms with Gasteiger partial charge in [-0.1, -0.05) is 24.3 Å². The van der Waals surface area contributed by atoms with Gasteiger partial charge in [-0.25, -0.2) is 15.4 Å². The molecule has 0 fully saturated rings. The minimum absolute atomic E-state index is 0.0174. The molecule has 7 rings (SSSR count). The number of hydroxylamine groups is 1. The zero-order valence-corrected chi connectivity index (χ0v) is 24.1. The highest BCUT2D eigenvalue weighted by Crippen LogP contribution is 2.35. The van der Waals surface area contributed by atoms with Gasteiger partial charge in [0.25, 0.3) is 22.7 Å². The number of carbonyl (C=O) groups is 2. The van der Waals surface area contributed by atoms with Crippen molar-refractivity contribution < 1.29 is 14.4 Å². The van der Waals surface area contributed by atoms with Gasteiger partial charge in [0, 0.05) is 30.4 Å². The Balaban J connectivity index is 1.01. The molecule has 0 saturated heterocycles. The molecule has 0 radical (unpaired) electrons. The molecule has 226 valence electrons. The summed E-state index contributed by atoms with van der Waals surface area (Å²) in [5, 5.41) is 5.86. The van der Waals surface area contributed by atoms with Gasteiger partial charge in [-0.2, -0.15) is 4.99 Å². The van der Waals surface area contributed by atoms with Gasteiger partial charge in [0.05, 0.1) is 6.04 Å². The number of fused-ring (bicyclic) bond motifs is 2. The van der Waals surface area contributed by atoms with Crippen LogP contribution in [0.2, 0.25) is 0 Å². The summed E-state index contributed by atoms with van der Waals surface area (Å²) in [4.78, 5) is 69.3. The molecule has 45 heavy (non-hydrogen) atoms. The van der Waals surface area contributed by atoms with Crippen molar-refractivity contribution in [3.63, 3.8) is 0 Å². The van der Waals surface area contributed by atoms with Crippen LogP contribution in [0.5, 0.6) is 0 Å². The number of rotatable bonds is 7. The molecule has 0 spiro atoms. The lowest BCUT2D eigenvalue weighted by molar-refractivity contribution is 0.0931. The van der Waals surface area contributed by atoms with Crippen LogP contribution in [-0.4, -0.2) is 34.2 Å². The Bertz CT molecular complexity index is 2010. The van der Waals surface area contributed by atoms with Crippen LogP contribution in [0.25, 0.3) is 0 Å². The largest absolute Gasteiger partial charge is 0.394 e. The van der Waals surface area contributed by atoms with Crippen LogP contribution in [0.1, 0.15) is 67.7 Å². The number of nitrogens with one attached hydrogen (secondary N) is 3. The standard InChI is InChI=1S/C32H28N8O5/c1-16-37-30(39-45-16)20-6-8-21-19(12-20)7-9-22(21)38-32(44)24-13-23(35-15-36-24)31(43)34-14-17-4-5-18-3-2-10-40(25(18)11-17)27-26(33)28(41)29(27)42/h4-6,8,11-13,15,22H,1-3,7,9-10,14,33H2,(H,34,43)(H,37,39)(H,38,44)/t22-/m0/s1. The van der Waals surface area contributed by atoms with Crippen LogP contribution in [0.3, 0.4) is 0 Å². The van der Waals surface area contributed by atoms with Crippen molar-refractivity contribution in [1.82, 2.24) is 26.1 Å². The Morgan fingerprint density at radius 2 is 1.84 bits per heavy atom. The number of benzene rings is 2. The number of amides is 2. The van der Waals surface area contributed by atoms with Crippen molar-refractivity contribution in [2.75, 3.05) is 17.2 Å². The van der Waals surface area contributed by atoms with Gasteiger partial charge in [-0.05, 0) is 66.6 Å². The molecule has 5 N–H and O–H groups in total. The topological polar surface area (TPSA) is 181 Å². The number of nitrogen functional groups attached to an aromatic ring is 1. The van der Waals surface area contributed by atoms with Crippen molar-refractivity contribution in [2.45, 2.75) is 38.3 Å². The molecule has 3 aliphatic rings. The van der Waals surface area contributed by atoms with Gasteiger partial charge in [0.2, 0.25) is 5.88 Å². The number of nitrogens with zero attached hydrogens (tertiary/aromatic N) is 4. The van der Waals surface area contributed by atoms with Gasteiger partial charge < -0.3 is 26.1 Å². The Labute approximate surface area is 256 Å². The number of amidine groups is 1. The number of hydrogen-bond acceptors (Lipinski definition) is 11. The van der Waals surface area contributed by atoms with Crippen LogP contribution in [0.15, 0.2) is 75.8 Å². The van der Waals surface area contributed by atoms with Crippen LogP contribution in [-0.2, 0) is 24.2 Å². The van der Waals surface area contributed by atoms with E-state index in [0.717, 1.165) is 59.2 Å². The normalized spacial score (nSPS) is 16.8. The van der Waals surface area contributed by atoms with Crippen molar-refractivity contribution in [3.05, 3.63) is 121 Å². The molecule has 13 heteroatoms. The number of aromatic nitrogens is 2. The molecular formula is C32H28N8O5. The summed E-state index contributed by atoms with van der Waals surface area (Å²) in [5.41, 5.74) is 13.3. The maximum atomic E-state index is 13.1. The molecule has 2 aliphatic heterocycles. The van der Waals surface area contributed by atoms with E-state index in [-0.39, 0.29) is 35.3 Å². The highest BCUT2D eigenvalue weighted by molar-refractivity contribution is 6.00. The fourth-order valence-electron chi connectivity index (χ4n) is 6.05. The summed E-state index contributed by atoms with van der Waals surface area (Å²) in [6.45, 7) is 4.41. The number of anilines is 3. The second-order valence-electron chi connectivity index (χ2n) is 11.1. The monoisotopic (exact) mass is 604 g/mol. The Hall–Kier alpha value is -5.85. The van der Waals surface area contributed by atoms with Crippen molar-refractivity contribution >= 4 is 34.7 Å². The minimum atomic E-state index is -0.656. The summed E-state index contributed by atoms with van der Waals surface area (Å²) in [5.74, 6) is 0.000345. The average Bonchev–Trinajstić information content (AvgIpc) is 3.69. The van der Waals surface area contributed by atoms with E-state index in [4.69, 9.17) is 10.6 Å². The Morgan fingerprint density at radius 1 is 1.02 bits per heavy atom. The first kappa shape index (κ1) is 28.0. The fraction of sp³-hybridized carbons (Fsp3) is 0.219. The molecule has 4 aromatic rings. The number of hydrogen-bond donors (Lipinski definition) is 4. The van der Waals surface area contributed by atoms with E-state index in [1.807, 2.05) is 36.4 Å². The summed E-state index contributed by atoms with van der Waals surface area (Å²) < 4.78 is 0. The molecule has 1 aliphatic carbocycles. The summed E-state index contributed by atoms with van der Waals surface area (Å²) in [7, 11) is 0. The van der Waals surface area contributed by atoms with E-state index in [9.17, 15) is 19.2 Å². The lowest BCUT2D eigenvalue weighted by Crippen LogP contribution is -2.42. The van der Waals surface area contributed by atoms with Crippen molar-refractivity contribution in [1.29, 1.82) is 0 Å². The van der Waals surface area contributed by atoms with Crippen LogP contribution in [0.4, 0.5) is 17.1 Å². The third kappa shape index (κ3) is 5.07. The summed E-state index contributed by atoms with van der Waals surface area (Å²) >= 11 is 0. The quantitative estimate of drug-likeness (QED) is 0.227. The molecule has 1 atom stereocenters. The van der Waals surface area contributed by atoms with Gasteiger partial charge >= 0.3 is 0 Å². The first-order chi connectivity index (χ1) is 21.8. The van der Waals surface area contributed by atoms with E-state index >= 15 is 0 Å². The van der Waals surface area contributed by atoms with Gasteiger partial charge in [-0.3, -0.25) is 19.2 Å². The highest BCUT2D eigenvalue weighted by Gasteiger charge is 2.29. The van der Waals surface area contributed by atoms with Gasteiger partial charge in [0.15, 0.2) is 5.84 Å². The first-order valence-electron chi connectivity index (χ1n) is 14.5. The SMILES string of the molecule is C=C1N=C(c2ccc3c(c2)CC[C@@H]3NC(=O)c2cc(C(=O)NCc3ccc4c(c3)N(c3c(N)c(=O)c3=O)CCC4)ncn2)NO1. The third-order valence-corrected chi connectivity index (χ3v) is 8.35. The zero-order valence-electron chi connectivity index (χ0n) is 24.1. The average molecular weight is 605 g/mol. The van der Waals surface area contributed by atoms with E-state index in [0.29, 0.717) is 18.3 Å². The van der Waals surface area contributed by atoms with Crippen LogP contribution < -0.4 is 37.6 Å². The summed E-state index contributed by atoms with van der Waals surface area (Å²) in [6, 6.07) is 12.8. The van der Waals surface area contributed by atoms with Crippen LogP contribution >= 0.6 is 0 Å². The second kappa shape index (κ2) is 11.0. The smallest absolute Gasteiger partial charge is 0.270 e. The zero-order chi connectivity index (χ0) is 31.2. The maximum absolute atomic E-state index is 13.1. The van der Waals surface area contributed by atoms with Crippen molar-refractivity contribution in [2.24, 2.45) is 4.99 Å². The van der Waals surface area contributed by atoms with Gasteiger partial charge in [-0.15, -0.1) is 0 Å². The van der Waals surface area contributed by atoms with E-state index < -0.39 is 22.7 Å². The molecule has 3 aromatic carbocycles. The van der Waals surface area contributed by atoms with Crippen molar-refractivity contribution in [3.8, 4) is 0 Å². The number of aliphatic imine (C=N–C) groups is 1. The lowest BCUT2D eigenvalue weighted by atomic mass is 9.97. The molecule has 0 saturated carbocycles. The fourth-order valence-corrected chi connectivity index (χ4v) is 6.05. The molecule has 13 nitrogen and oxygen atoms in total. The molecule has 0 unspecified atom stereocenters. The summed E-state index contributed by atoms with van der Waals surface area (Å²) in [6.07, 6.45) is 4.33. The third-order valence-electron chi connectivity index (χ3n) is 8.35. The Kier molecular flexibility index (Phi) is 6.84. The predicted molar refractivity (Wildman–Crippen MR) is 166 cm³/mol. The number of carbonyl (C=O) groups excluding carboxylic acids is 2. The molecule has 2 amide bonds. The molecular weight excluding hydrogens is 576 g/mol.